The molecule has 0 saturated heterocycles. The number of rotatable bonds is 2. The molecule has 1 aromatic rings. The van der Waals surface area contributed by atoms with E-state index in [0.717, 1.165) is 37.1 Å². The zero-order chi connectivity index (χ0) is 11.5. The molecule has 1 amide bonds. The van der Waals surface area contributed by atoms with Gasteiger partial charge in [-0.05, 0) is 32.6 Å². The molecule has 2 rings (SSSR count). The fraction of sp³-hybridized carbons (Fsp3) is 0.636. The molecule has 0 radical (unpaired) electrons. The number of nitrogens with one attached hydrogen (secondary N) is 1. The molecule has 0 aromatic carbocycles. The number of amides is 1. The van der Waals surface area contributed by atoms with Crippen molar-refractivity contribution in [2.24, 2.45) is 11.8 Å². The molecule has 3 N–H and O–H groups in total. The maximum absolute atomic E-state index is 11.3. The third-order valence-electron chi connectivity index (χ3n) is 3.30. The van der Waals surface area contributed by atoms with E-state index in [4.69, 9.17) is 10.4 Å². The first-order chi connectivity index (χ1) is 7.70. The molecule has 5 heteroatoms. The predicted molar refractivity (Wildman–Crippen MR) is 58.3 cm³/mol. The molecule has 1 fully saturated rings. The third-order valence-corrected chi connectivity index (χ3v) is 3.30. The second-order valence-corrected chi connectivity index (χ2v) is 4.42. The average molecular weight is 223 g/mol. The fourth-order valence-electron chi connectivity index (χ4n) is 2.35. The van der Waals surface area contributed by atoms with Gasteiger partial charge in [-0.15, -0.1) is 0 Å². The van der Waals surface area contributed by atoms with Gasteiger partial charge in [-0.3, -0.25) is 10.2 Å². The summed E-state index contributed by atoms with van der Waals surface area (Å²) in [5.41, 5.74) is 3.24. The number of aromatic nitrogens is 1. The smallest absolute Gasteiger partial charge is 0.236 e. The number of aryl methyl sites for hydroxylation is 1. The predicted octanol–water partition coefficient (Wildman–Crippen LogP) is 1.25. The number of hydrazine groups is 1. The van der Waals surface area contributed by atoms with Gasteiger partial charge in [0, 0.05) is 17.9 Å². The van der Waals surface area contributed by atoms with Crippen molar-refractivity contribution < 1.29 is 9.32 Å². The summed E-state index contributed by atoms with van der Waals surface area (Å²) >= 11 is 0. The minimum Gasteiger partial charge on any atom is -0.361 e. The van der Waals surface area contributed by atoms with Crippen molar-refractivity contribution in [3.63, 3.8) is 0 Å². The lowest BCUT2D eigenvalue weighted by molar-refractivity contribution is -0.126. The van der Waals surface area contributed by atoms with Crippen molar-refractivity contribution in [2.45, 2.75) is 38.5 Å². The standard InChI is InChI=1S/C11H17N3O2/c1-7-6-10(14-16-7)8-2-4-9(5-3-8)11(15)13-12/h6,8-9H,2-5,12H2,1H3,(H,13,15). The Morgan fingerprint density at radius 2 is 2.19 bits per heavy atom. The molecular weight excluding hydrogens is 206 g/mol. The van der Waals surface area contributed by atoms with Crippen LogP contribution in [0.25, 0.3) is 0 Å². The van der Waals surface area contributed by atoms with E-state index in [1.54, 1.807) is 0 Å². The van der Waals surface area contributed by atoms with Crippen molar-refractivity contribution in [3.05, 3.63) is 17.5 Å². The molecule has 0 spiro atoms. The van der Waals surface area contributed by atoms with E-state index in [-0.39, 0.29) is 11.8 Å². The van der Waals surface area contributed by atoms with E-state index in [1.807, 2.05) is 13.0 Å². The number of carbonyl (C=O) groups excluding carboxylic acids is 1. The van der Waals surface area contributed by atoms with Gasteiger partial charge in [0.15, 0.2) is 0 Å². The quantitative estimate of drug-likeness (QED) is 0.449. The first-order valence-corrected chi connectivity index (χ1v) is 5.64. The van der Waals surface area contributed by atoms with Crippen molar-refractivity contribution >= 4 is 5.91 Å². The zero-order valence-corrected chi connectivity index (χ0v) is 9.40. The summed E-state index contributed by atoms with van der Waals surface area (Å²) in [6, 6.07) is 1.98. The molecule has 0 atom stereocenters. The van der Waals surface area contributed by atoms with E-state index in [1.165, 1.54) is 0 Å². The van der Waals surface area contributed by atoms with Crippen LogP contribution in [0, 0.1) is 12.8 Å². The summed E-state index contributed by atoms with van der Waals surface area (Å²) in [5, 5.41) is 4.03. The Balaban J connectivity index is 1.92. The van der Waals surface area contributed by atoms with Gasteiger partial charge < -0.3 is 4.52 Å². The molecule has 0 unspecified atom stereocenters. The van der Waals surface area contributed by atoms with Crippen molar-refractivity contribution in [1.29, 1.82) is 0 Å². The van der Waals surface area contributed by atoms with Crippen molar-refractivity contribution in [3.8, 4) is 0 Å². The number of hydrogen-bond donors (Lipinski definition) is 2. The Bertz CT molecular complexity index is 367. The lowest BCUT2D eigenvalue weighted by Crippen LogP contribution is -2.37. The lowest BCUT2D eigenvalue weighted by atomic mass is 9.80. The Morgan fingerprint density at radius 1 is 1.50 bits per heavy atom. The molecule has 1 aliphatic carbocycles. The van der Waals surface area contributed by atoms with Crippen LogP contribution < -0.4 is 11.3 Å². The van der Waals surface area contributed by atoms with Crippen LogP contribution in [-0.2, 0) is 4.79 Å². The van der Waals surface area contributed by atoms with E-state index >= 15 is 0 Å². The highest BCUT2D eigenvalue weighted by Crippen LogP contribution is 2.35. The highest BCUT2D eigenvalue weighted by molar-refractivity contribution is 5.78. The van der Waals surface area contributed by atoms with Gasteiger partial charge in [0.2, 0.25) is 5.91 Å². The van der Waals surface area contributed by atoms with Crippen molar-refractivity contribution in [2.75, 3.05) is 0 Å². The van der Waals surface area contributed by atoms with E-state index in [9.17, 15) is 4.79 Å². The van der Waals surface area contributed by atoms with Crippen molar-refractivity contribution in [1.82, 2.24) is 10.6 Å². The van der Waals surface area contributed by atoms with Crippen LogP contribution in [0.3, 0.4) is 0 Å². The number of hydrogen-bond acceptors (Lipinski definition) is 4. The van der Waals surface area contributed by atoms with Gasteiger partial charge in [-0.2, -0.15) is 0 Å². The summed E-state index contributed by atoms with van der Waals surface area (Å²) in [6.45, 7) is 1.89. The fourth-order valence-corrected chi connectivity index (χ4v) is 2.35. The topological polar surface area (TPSA) is 81.2 Å². The number of carbonyl (C=O) groups is 1. The average Bonchev–Trinajstić information content (AvgIpc) is 2.75. The zero-order valence-electron chi connectivity index (χ0n) is 9.40. The minimum atomic E-state index is -0.0465. The maximum Gasteiger partial charge on any atom is 0.236 e. The molecule has 0 aliphatic heterocycles. The molecular formula is C11H17N3O2. The summed E-state index contributed by atoms with van der Waals surface area (Å²) in [4.78, 5) is 11.3. The lowest BCUT2D eigenvalue weighted by Gasteiger charge is -2.25. The molecule has 1 saturated carbocycles. The molecule has 1 aliphatic rings. The van der Waals surface area contributed by atoms with Gasteiger partial charge in [0.1, 0.15) is 5.76 Å². The van der Waals surface area contributed by atoms with Gasteiger partial charge in [-0.1, -0.05) is 5.16 Å². The molecule has 1 heterocycles. The van der Waals surface area contributed by atoms with Crippen LogP contribution in [-0.4, -0.2) is 11.1 Å². The van der Waals surface area contributed by atoms with Gasteiger partial charge >= 0.3 is 0 Å². The summed E-state index contributed by atoms with van der Waals surface area (Å²) in [5.74, 6) is 6.42. The molecule has 0 bridgehead atoms. The molecule has 16 heavy (non-hydrogen) atoms. The Kier molecular flexibility index (Phi) is 3.24. The largest absolute Gasteiger partial charge is 0.361 e. The highest BCUT2D eigenvalue weighted by atomic mass is 16.5. The van der Waals surface area contributed by atoms with Crippen LogP contribution in [0.4, 0.5) is 0 Å². The van der Waals surface area contributed by atoms with Crippen LogP contribution in [0.15, 0.2) is 10.6 Å². The number of nitrogens with zero attached hydrogens (tertiary/aromatic N) is 1. The van der Waals surface area contributed by atoms with Crippen LogP contribution in [0.2, 0.25) is 0 Å². The minimum absolute atomic E-state index is 0.0465. The van der Waals surface area contributed by atoms with Crippen LogP contribution >= 0.6 is 0 Å². The Labute approximate surface area is 94.3 Å². The van der Waals surface area contributed by atoms with Crippen LogP contribution in [0.5, 0.6) is 0 Å². The first-order valence-electron chi connectivity index (χ1n) is 5.64. The van der Waals surface area contributed by atoms with E-state index < -0.39 is 0 Å². The van der Waals surface area contributed by atoms with Crippen LogP contribution in [0.1, 0.15) is 43.1 Å². The third kappa shape index (κ3) is 2.24. The second-order valence-electron chi connectivity index (χ2n) is 4.42. The monoisotopic (exact) mass is 223 g/mol. The second kappa shape index (κ2) is 4.65. The highest BCUT2D eigenvalue weighted by Gasteiger charge is 2.27. The summed E-state index contributed by atoms with van der Waals surface area (Å²) < 4.78 is 5.06. The summed E-state index contributed by atoms with van der Waals surface area (Å²) in [6.07, 6.45) is 3.70. The van der Waals surface area contributed by atoms with Gasteiger partial charge in [0.25, 0.3) is 0 Å². The maximum atomic E-state index is 11.3. The first kappa shape index (κ1) is 11.1. The SMILES string of the molecule is Cc1cc(C2CCC(C(=O)NN)CC2)no1. The van der Waals surface area contributed by atoms with E-state index in [0.29, 0.717) is 5.92 Å². The summed E-state index contributed by atoms with van der Waals surface area (Å²) in [7, 11) is 0. The molecule has 88 valence electrons. The molecule has 5 nitrogen and oxygen atoms in total. The number of nitrogens with two attached hydrogens (primary N) is 1. The Hall–Kier alpha value is -1.36. The molecule has 1 aromatic heterocycles. The van der Waals surface area contributed by atoms with Gasteiger partial charge in [-0.25, -0.2) is 5.84 Å². The normalized spacial score (nSPS) is 25.4. The van der Waals surface area contributed by atoms with Gasteiger partial charge in [0.05, 0.1) is 5.69 Å². The Morgan fingerprint density at radius 3 is 2.69 bits per heavy atom. The van der Waals surface area contributed by atoms with E-state index in [2.05, 4.69) is 10.6 Å².